The molecule has 4 heteroatoms. The van der Waals surface area contributed by atoms with Crippen molar-refractivity contribution >= 4 is 11.0 Å². The van der Waals surface area contributed by atoms with Gasteiger partial charge in [-0.25, -0.2) is 4.98 Å². The fourth-order valence-electron chi connectivity index (χ4n) is 3.22. The third-order valence-electron chi connectivity index (χ3n) is 4.82. The number of aromatic nitrogens is 2. The van der Waals surface area contributed by atoms with Crippen LogP contribution in [0.1, 0.15) is 36.7 Å². The number of aromatic amines is 1. The zero-order valence-electron chi connectivity index (χ0n) is 16.2. The van der Waals surface area contributed by atoms with Crippen LogP contribution in [0.15, 0.2) is 72.8 Å². The minimum atomic E-state index is 0.158. The summed E-state index contributed by atoms with van der Waals surface area (Å²) in [7, 11) is 0. The quantitative estimate of drug-likeness (QED) is 0.453. The number of H-pyrrole nitrogens is 1. The first-order valence-corrected chi connectivity index (χ1v) is 9.62. The van der Waals surface area contributed by atoms with Gasteiger partial charge in [0.2, 0.25) is 0 Å². The SMILES string of the molecule is CCOc1ccc2[nH]c(C(C)c3ccc(OCc4ccccc4)cc3)nc2c1. The Labute approximate surface area is 165 Å². The monoisotopic (exact) mass is 372 g/mol. The molecule has 3 aromatic carbocycles. The van der Waals surface area contributed by atoms with E-state index in [1.165, 1.54) is 5.56 Å². The van der Waals surface area contributed by atoms with Crippen molar-refractivity contribution in [3.8, 4) is 11.5 Å². The fraction of sp³-hybridized carbons (Fsp3) is 0.208. The maximum absolute atomic E-state index is 5.88. The molecule has 0 bridgehead atoms. The van der Waals surface area contributed by atoms with Crippen LogP contribution in [0, 0.1) is 0 Å². The summed E-state index contributed by atoms with van der Waals surface area (Å²) in [5, 5.41) is 0. The third-order valence-corrected chi connectivity index (χ3v) is 4.82. The molecule has 4 nitrogen and oxygen atoms in total. The predicted molar refractivity (Wildman–Crippen MR) is 112 cm³/mol. The normalized spacial score (nSPS) is 12.1. The van der Waals surface area contributed by atoms with Gasteiger partial charge in [0.05, 0.1) is 17.6 Å². The van der Waals surface area contributed by atoms with Crippen molar-refractivity contribution in [2.45, 2.75) is 26.4 Å². The minimum absolute atomic E-state index is 0.158. The van der Waals surface area contributed by atoms with E-state index >= 15 is 0 Å². The summed E-state index contributed by atoms with van der Waals surface area (Å²) in [6.07, 6.45) is 0. The molecule has 4 aromatic rings. The lowest BCUT2D eigenvalue weighted by molar-refractivity contribution is 0.306. The molecule has 1 atom stereocenters. The molecule has 1 N–H and O–H groups in total. The van der Waals surface area contributed by atoms with Crippen molar-refractivity contribution < 1.29 is 9.47 Å². The van der Waals surface area contributed by atoms with E-state index in [1.807, 2.05) is 55.5 Å². The van der Waals surface area contributed by atoms with Gasteiger partial charge in [-0.2, -0.15) is 0 Å². The number of fused-ring (bicyclic) bond motifs is 1. The highest BCUT2D eigenvalue weighted by Gasteiger charge is 2.14. The number of hydrogen-bond donors (Lipinski definition) is 1. The molecule has 142 valence electrons. The molecule has 0 fully saturated rings. The van der Waals surface area contributed by atoms with Crippen molar-refractivity contribution in [2.24, 2.45) is 0 Å². The van der Waals surface area contributed by atoms with Gasteiger partial charge in [-0.3, -0.25) is 0 Å². The molecular formula is C24H24N2O2. The number of hydrogen-bond acceptors (Lipinski definition) is 3. The Morgan fingerprint density at radius 3 is 2.39 bits per heavy atom. The molecule has 0 saturated heterocycles. The Bertz CT molecular complexity index is 1040. The van der Waals surface area contributed by atoms with Crippen molar-refractivity contribution in [1.29, 1.82) is 0 Å². The van der Waals surface area contributed by atoms with Gasteiger partial charge in [0, 0.05) is 12.0 Å². The second-order valence-electron chi connectivity index (χ2n) is 6.80. The second-order valence-corrected chi connectivity index (χ2v) is 6.80. The highest BCUT2D eigenvalue weighted by molar-refractivity contribution is 5.77. The summed E-state index contributed by atoms with van der Waals surface area (Å²) < 4.78 is 11.4. The molecule has 1 heterocycles. The number of nitrogens with zero attached hydrogens (tertiary/aromatic N) is 1. The maximum Gasteiger partial charge on any atom is 0.121 e. The largest absolute Gasteiger partial charge is 0.494 e. The zero-order chi connectivity index (χ0) is 19.3. The lowest BCUT2D eigenvalue weighted by atomic mass is 10.0. The van der Waals surface area contributed by atoms with Gasteiger partial charge >= 0.3 is 0 Å². The molecule has 0 aliphatic rings. The number of ether oxygens (including phenoxy) is 2. The van der Waals surface area contributed by atoms with Crippen molar-refractivity contribution in [2.75, 3.05) is 6.61 Å². The molecule has 4 rings (SSSR count). The molecule has 1 unspecified atom stereocenters. The van der Waals surface area contributed by atoms with Gasteiger partial charge in [-0.1, -0.05) is 49.4 Å². The molecule has 0 saturated carbocycles. The lowest BCUT2D eigenvalue weighted by Crippen LogP contribution is -1.99. The summed E-state index contributed by atoms with van der Waals surface area (Å²) in [6.45, 7) is 5.36. The second kappa shape index (κ2) is 8.17. The van der Waals surface area contributed by atoms with Crippen LogP contribution in [0.4, 0.5) is 0 Å². The molecule has 0 aliphatic carbocycles. The molecular weight excluding hydrogens is 348 g/mol. The molecule has 0 radical (unpaired) electrons. The van der Waals surface area contributed by atoms with Gasteiger partial charge in [-0.05, 0) is 42.3 Å². The first-order chi connectivity index (χ1) is 13.7. The van der Waals surface area contributed by atoms with Crippen LogP contribution in [-0.4, -0.2) is 16.6 Å². The van der Waals surface area contributed by atoms with E-state index < -0.39 is 0 Å². The summed E-state index contributed by atoms with van der Waals surface area (Å²) in [5.41, 5.74) is 4.30. The Kier molecular flexibility index (Phi) is 5.29. The van der Waals surface area contributed by atoms with E-state index in [-0.39, 0.29) is 5.92 Å². The van der Waals surface area contributed by atoms with Crippen molar-refractivity contribution in [3.05, 3.63) is 89.7 Å². The van der Waals surface area contributed by atoms with E-state index in [0.717, 1.165) is 33.9 Å². The molecule has 0 amide bonds. The Balaban J connectivity index is 1.47. The van der Waals surface area contributed by atoms with Gasteiger partial charge < -0.3 is 14.5 Å². The van der Waals surface area contributed by atoms with E-state index in [9.17, 15) is 0 Å². The van der Waals surface area contributed by atoms with Crippen LogP contribution in [0.3, 0.4) is 0 Å². The minimum Gasteiger partial charge on any atom is -0.494 e. The highest BCUT2D eigenvalue weighted by atomic mass is 16.5. The van der Waals surface area contributed by atoms with E-state index in [4.69, 9.17) is 14.5 Å². The fourth-order valence-corrected chi connectivity index (χ4v) is 3.22. The Morgan fingerprint density at radius 2 is 1.64 bits per heavy atom. The van der Waals surface area contributed by atoms with E-state index in [1.54, 1.807) is 0 Å². The molecule has 1 aromatic heterocycles. The van der Waals surface area contributed by atoms with Crippen molar-refractivity contribution in [3.63, 3.8) is 0 Å². The van der Waals surface area contributed by atoms with Crippen LogP contribution in [0.2, 0.25) is 0 Å². The topological polar surface area (TPSA) is 47.1 Å². The highest BCUT2D eigenvalue weighted by Crippen LogP contribution is 2.27. The lowest BCUT2D eigenvalue weighted by Gasteiger charge is -2.11. The van der Waals surface area contributed by atoms with Gasteiger partial charge in [0.25, 0.3) is 0 Å². The van der Waals surface area contributed by atoms with Gasteiger partial charge in [-0.15, -0.1) is 0 Å². The van der Waals surface area contributed by atoms with Crippen LogP contribution >= 0.6 is 0 Å². The average Bonchev–Trinajstić information content (AvgIpc) is 3.16. The Morgan fingerprint density at radius 1 is 0.893 bits per heavy atom. The Hall–Kier alpha value is -3.27. The van der Waals surface area contributed by atoms with Gasteiger partial charge in [0.1, 0.15) is 23.9 Å². The van der Waals surface area contributed by atoms with Crippen LogP contribution in [-0.2, 0) is 6.61 Å². The molecule has 28 heavy (non-hydrogen) atoms. The first-order valence-electron chi connectivity index (χ1n) is 9.62. The van der Waals surface area contributed by atoms with Crippen LogP contribution < -0.4 is 9.47 Å². The summed E-state index contributed by atoms with van der Waals surface area (Å²) >= 11 is 0. The molecule has 0 aliphatic heterocycles. The zero-order valence-corrected chi connectivity index (χ0v) is 16.2. The summed E-state index contributed by atoms with van der Waals surface area (Å²) in [4.78, 5) is 8.19. The van der Waals surface area contributed by atoms with Crippen LogP contribution in [0.5, 0.6) is 11.5 Å². The standard InChI is InChI=1S/C24H24N2O2/c1-3-27-21-13-14-22-23(15-21)26-24(25-22)17(2)19-9-11-20(12-10-19)28-16-18-7-5-4-6-8-18/h4-15,17H,3,16H2,1-2H3,(H,25,26). The van der Waals surface area contributed by atoms with Crippen molar-refractivity contribution in [1.82, 2.24) is 9.97 Å². The van der Waals surface area contributed by atoms with E-state index in [0.29, 0.717) is 13.2 Å². The van der Waals surface area contributed by atoms with Gasteiger partial charge in [0.15, 0.2) is 0 Å². The number of rotatable bonds is 7. The smallest absolute Gasteiger partial charge is 0.121 e. The summed E-state index contributed by atoms with van der Waals surface area (Å²) in [6, 6.07) is 24.4. The average molecular weight is 372 g/mol. The first kappa shape index (κ1) is 18.1. The maximum atomic E-state index is 5.88. The molecule has 0 spiro atoms. The summed E-state index contributed by atoms with van der Waals surface area (Å²) in [5.74, 6) is 2.82. The third kappa shape index (κ3) is 4.01. The number of nitrogens with one attached hydrogen (secondary N) is 1. The van der Waals surface area contributed by atoms with E-state index in [2.05, 4.69) is 36.2 Å². The number of benzene rings is 3. The number of imidazole rings is 1. The van der Waals surface area contributed by atoms with Crippen LogP contribution in [0.25, 0.3) is 11.0 Å². The predicted octanol–water partition coefficient (Wildman–Crippen LogP) is 5.69.